The predicted molar refractivity (Wildman–Crippen MR) is 96.2 cm³/mol. The predicted octanol–water partition coefficient (Wildman–Crippen LogP) is 4.34. The molecule has 0 heterocycles. The Hall–Kier alpha value is -2.52. The normalized spacial score (nSPS) is 10.5. The minimum Gasteiger partial charge on any atom is -0.383 e. The molecule has 116 valence electrons. The lowest BCUT2D eigenvalue weighted by Gasteiger charge is -2.11. The molecule has 0 aliphatic carbocycles. The van der Waals surface area contributed by atoms with Crippen LogP contribution in [0.4, 0.5) is 5.69 Å². The quantitative estimate of drug-likeness (QED) is 0.686. The highest BCUT2D eigenvalue weighted by Crippen LogP contribution is 2.22. The Balaban J connectivity index is 1.57. The second kappa shape index (κ2) is 7.16. The number of carbonyl (C=O) groups excluding carboxylic acids is 1. The maximum atomic E-state index is 12.1. The van der Waals surface area contributed by atoms with Crippen LogP contribution in [0.25, 0.3) is 10.8 Å². The van der Waals surface area contributed by atoms with Crippen molar-refractivity contribution in [3.8, 4) is 0 Å². The number of benzene rings is 3. The zero-order valence-corrected chi connectivity index (χ0v) is 13.3. The summed E-state index contributed by atoms with van der Waals surface area (Å²) in [4.78, 5) is 12.1. The lowest BCUT2D eigenvalue weighted by Crippen LogP contribution is -2.28. The van der Waals surface area contributed by atoms with Gasteiger partial charge in [0.2, 0.25) is 0 Å². The fraction of sp³-hybridized carbons (Fsp3) is 0.105. The zero-order valence-electron chi connectivity index (χ0n) is 12.6. The first kappa shape index (κ1) is 15.4. The smallest absolute Gasteiger partial charge is 0.252 e. The monoisotopic (exact) mass is 324 g/mol. The molecule has 3 rings (SSSR count). The van der Waals surface area contributed by atoms with Gasteiger partial charge in [0.1, 0.15) is 0 Å². The molecule has 0 atom stereocenters. The van der Waals surface area contributed by atoms with Crippen molar-refractivity contribution in [2.75, 3.05) is 18.4 Å². The Morgan fingerprint density at radius 3 is 2.48 bits per heavy atom. The number of halogens is 1. The highest BCUT2D eigenvalue weighted by Gasteiger charge is 2.08. The SMILES string of the molecule is O=C(NCCNc1cccc2ccccc12)c1ccccc1Cl. The maximum absolute atomic E-state index is 12.1. The van der Waals surface area contributed by atoms with Crippen molar-refractivity contribution in [2.24, 2.45) is 0 Å². The Morgan fingerprint density at radius 2 is 1.61 bits per heavy atom. The van der Waals surface area contributed by atoms with Crippen LogP contribution >= 0.6 is 11.6 Å². The van der Waals surface area contributed by atoms with Crippen LogP contribution in [0.5, 0.6) is 0 Å². The van der Waals surface area contributed by atoms with Gasteiger partial charge in [-0.25, -0.2) is 0 Å². The van der Waals surface area contributed by atoms with Gasteiger partial charge in [-0.1, -0.05) is 60.1 Å². The van der Waals surface area contributed by atoms with Crippen LogP contribution in [0.2, 0.25) is 5.02 Å². The molecule has 2 N–H and O–H groups in total. The summed E-state index contributed by atoms with van der Waals surface area (Å²) in [6, 6.07) is 21.4. The number of hydrogen-bond acceptors (Lipinski definition) is 2. The standard InChI is InChI=1S/C19H17ClN2O/c20-17-10-4-3-9-16(17)19(23)22-13-12-21-18-11-5-7-14-6-1-2-8-15(14)18/h1-11,21H,12-13H2,(H,22,23). The highest BCUT2D eigenvalue weighted by atomic mass is 35.5. The molecule has 0 saturated heterocycles. The molecule has 0 aromatic heterocycles. The Bertz CT molecular complexity index is 827. The van der Waals surface area contributed by atoms with Crippen molar-refractivity contribution in [1.29, 1.82) is 0 Å². The van der Waals surface area contributed by atoms with E-state index in [0.717, 1.165) is 5.69 Å². The molecule has 0 aliphatic rings. The van der Waals surface area contributed by atoms with Gasteiger partial charge in [0.05, 0.1) is 10.6 Å². The van der Waals surface area contributed by atoms with Gasteiger partial charge in [-0.3, -0.25) is 4.79 Å². The first-order chi connectivity index (χ1) is 11.3. The summed E-state index contributed by atoms with van der Waals surface area (Å²) >= 11 is 6.02. The van der Waals surface area contributed by atoms with Crippen LogP contribution in [0.3, 0.4) is 0 Å². The third kappa shape index (κ3) is 3.63. The summed E-state index contributed by atoms with van der Waals surface area (Å²) in [5.74, 6) is -0.157. The van der Waals surface area contributed by atoms with E-state index in [-0.39, 0.29) is 5.91 Å². The molecule has 3 aromatic carbocycles. The van der Waals surface area contributed by atoms with E-state index in [1.54, 1.807) is 24.3 Å². The van der Waals surface area contributed by atoms with Crippen molar-refractivity contribution in [1.82, 2.24) is 5.32 Å². The molecular weight excluding hydrogens is 308 g/mol. The van der Waals surface area contributed by atoms with Gasteiger partial charge in [0, 0.05) is 24.2 Å². The van der Waals surface area contributed by atoms with E-state index in [4.69, 9.17) is 11.6 Å². The van der Waals surface area contributed by atoms with Crippen LogP contribution in [-0.4, -0.2) is 19.0 Å². The molecule has 23 heavy (non-hydrogen) atoms. The van der Waals surface area contributed by atoms with Crippen LogP contribution in [0.15, 0.2) is 66.7 Å². The molecule has 0 aliphatic heterocycles. The van der Waals surface area contributed by atoms with E-state index in [1.165, 1.54) is 10.8 Å². The summed E-state index contributed by atoms with van der Waals surface area (Å²) < 4.78 is 0. The first-order valence-electron chi connectivity index (χ1n) is 7.50. The second-order valence-electron chi connectivity index (χ2n) is 5.19. The van der Waals surface area contributed by atoms with Crippen molar-refractivity contribution in [2.45, 2.75) is 0 Å². The molecule has 0 bridgehead atoms. The van der Waals surface area contributed by atoms with Crippen molar-refractivity contribution in [3.63, 3.8) is 0 Å². The summed E-state index contributed by atoms with van der Waals surface area (Å²) in [5, 5.41) is 9.06. The molecule has 0 fully saturated rings. The third-order valence-electron chi connectivity index (χ3n) is 3.63. The number of anilines is 1. The molecule has 0 saturated carbocycles. The molecule has 0 radical (unpaired) electrons. The van der Waals surface area contributed by atoms with Gasteiger partial charge in [0.15, 0.2) is 0 Å². The Morgan fingerprint density at radius 1 is 0.870 bits per heavy atom. The number of amides is 1. The van der Waals surface area contributed by atoms with Crippen LogP contribution in [0.1, 0.15) is 10.4 Å². The summed E-state index contributed by atoms with van der Waals surface area (Å²) in [6.45, 7) is 1.16. The highest BCUT2D eigenvalue weighted by molar-refractivity contribution is 6.33. The van der Waals surface area contributed by atoms with Gasteiger partial charge in [0.25, 0.3) is 5.91 Å². The minimum atomic E-state index is -0.157. The van der Waals surface area contributed by atoms with Crippen LogP contribution in [0, 0.1) is 0 Å². The number of fused-ring (bicyclic) bond motifs is 1. The average molecular weight is 325 g/mol. The van der Waals surface area contributed by atoms with Gasteiger partial charge in [-0.15, -0.1) is 0 Å². The van der Waals surface area contributed by atoms with Gasteiger partial charge < -0.3 is 10.6 Å². The first-order valence-corrected chi connectivity index (χ1v) is 7.88. The number of hydrogen-bond donors (Lipinski definition) is 2. The van der Waals surface area contributed by atoms with E-state index >= 15 is 0 Å². The van der Waals surface area contributed by atoms with Gasteiger partial charge >= 0.3 is 0 Å². The lowest BCUT2D eigenvalue weighted by molar-refractivity contribution is 0.0955. The van der Waals surface area contributed by atoms with E-state index < -0.39 is 0 Å². The molecule has 3 nitrogen and oxygen atoms in total. The molecule has 0 unspecified atom stereocenters. The summed E-state index contributed by atoms with van der Waals surface area (Å²) in [5.41, 5.74) is 1.56. The average Bonchev–Trinajstić information content (AvgIpc) is 2.59. The molecule has 0 spiro atoms. The van der Waals surface area contributed by atoms with E-state index in [2.05, 4.69) is 28.8 Å². The fourth-order valence-electron chi connectivity index (χ4n) is 2.49. The van der Waals surface area contributed by atoms with Crippen molar-refractivity contribution >= 4 is 34.0 Å². The fourth-order valence-corrected chi connectivity index (χ4v) is 2.71. The maximum Gasteiger partial charge on any atom is 0.252 e. The summed E-state index contributed by atoms with van der Waals surface area (Å²) in [7, 11) is 0. The largest absolute Gasteiger partial charge is 0.383 e. The topological polar surface area (TPSA) is 41.1 Å². The third-order valence-corrected chi connectivity index (χ3v) is 3.96. The number of carbonyl (C=O) groups is 1. The van der Waals surface area contributed by atoms with Crippen molar-refractivity contribution in [3.05, 3.63) is 77.3 Å². The molecule has 1 amide bonds. The van der Waals surface area contributed by atoms with E-state index in [9.17, 15) is 4.79 Å². The van der Waals surface area contributed by atoms with E-state index in [0.29, 0.717) is 23.7 Å². The number of rotatable bonds is 5. The Kier molecular flexibility index (Phi) is 4.79. The lowest BCUT2D eigenvalue weighted by atomic mass is 10.1. The minimum absolute atomic E-state index is 0.157. The second-order valence-corrected chi connectivity index (χ2v) is 5.60. The van der Waals surface area contributed by atoms with Gasteiger partial charge in [-0.05, 0) is 23.6 Å². The van der Waals surface area contributed by atoms with E-state index in [1.807, 2.05) is 24.3 Å². The van der Waals surface area contributed by atoms with Crippen LogP contribution in [-0.2, 0) is 0 Å². The summed E-state index contributed by atoms with van der Waals surface area (Å²) in [6.07, 6.45) is 0. The Labute approximate surface area is 140 Å². The molecular formula is C19H17ClN2O. The molecule has 4 heteroatoms. The number of nitrogens with one attached hydrogen (secondary N) is 2. The molecule has 3 aromatic rings. The van der Waals surface area contributed by atoms with Crippen molar-refractivity contribution < 1.29 is 4.79 Å². The zero-order chi connectivity index (χ0) is 16.1. The van der Waals surface area contributed by atoms with Crippen LogP contribution < -0.4 is 10.6 Å². The van der Waals surface area contributed by atoms with Gasteiger partial charge in [-0.2, -0.15) is 0 Å².